The second-order valence-electron chi connectivity index (χ2n) is 10.1. The number of halogens is 1. The van der Waals surface area contributed by atoms with Crippen molar-refractivity contribution in [2.75, 3.05) is 24.2 Å². The zero-order valence-electron chi connectivity index (χ0n) is 21.5. The third-order valence-corrected chi connectivity index (χ3v) is 6.78. The highest BCUT2D eigenvalue weighted by Gasteiger charge is 2.15. The molecule has 0 radical (unpaired) electrons. The molecule has 2 aliphatic carbocycles. The summed E-state index contributed by atoms with van der Waals surface area (Å²) < 4.78 is 2.97. The number of nitrogens with zero attached hydrogens (tertiary/aromatic N) is 2. The van der Waals surface area contributed by atoms with Gasteiger partial charge in [0.2, 0.25) is 5.95 Å². The first-order valence-electron chi connectivity index (χ1n) is 12.7. The Hall–Kier alpha value is -2.02. The molecule has 0 unspecified atom stereocenters. The molecule has 2 aliphatic rings. The van der Waals surface area contributed by atoms with Crippen LogP contribution in [0.15, 0.2) is 41.3 Å². The maximum atomic E-state index is 5.74. The van der Waals surface area contributed by atoms with E-state index < -0.39 is 0 Å². The summed E-state index contributed by atoms with van der Waals surface area (Å²) in [6.07, 6.45) is 17.6. The van der Waals surface area contributed by atoms with Gasteiger partial charge in [0.05, 0.1) is 5.35 Å². The number of benzene rings is 1. The largest absolute Gasteiger partial charge is 0.365 e. The molecule has 1 heterocycles. The lowest BCUT2D eigenvalue weighted by atomic mass is 10.0. The average Bonchev–Trinajstić information content (AvgIpc) is 3.20. The maximum absolute atomic E-state index is 5.74. The van der Waals surface area contributed by atoms with Crippen LogP contribution >= 0.6 is 23.5 Å². The Morgan fingerprint density at radius 1 is 1.09 bits per heavy atom. The fourth-order valence-corrected chi connectivity index (χ4v) is 5.03. The summed E-state index contributed by atoms with van der Waals surface area (Å²) >= 11 is 7.29. The summed E-state index contributed by atoms with van der Waals surface area (Å²) in [6.45, 7) is 7.47. The monoisotopic (exact) mass is 513 g/mol. The van der Waals surface area contributed by atoms with E-state index in [0.29, 0.717) is 0 Å². The predicted octanol–water partition coefficient (Wildman–Crippen LogP) is 6.16. The van der Waals surface area contributed by atoms with Crippen molar-refractivity contribution in [2.24, 2.45) is 5.92 Å². The molecule has 1 fully saturated rings. The molecule has 1 saturated carbocycles. The van der Waals surface area contributed by atoms with Crippen LogP contribution in [-0.2, 0) is 0 Å². The number of fused-ring (bicyclic) bond motifs is 1. The van der Waals surface area contributed by atoms with Crippen LogP contribution in [0.4, 0.5) is 11.8 Å². The Balaban J connectivity index is 0.000000287. The molecule has 0 saturated heterocycles. The number of hydrogen-bond acceptors (Lipinski definition) is 6. The first-order valence-corrected chi connectivity index (χ1v) is 13.9. The molecule has 0 amide bonds. The zero-order valence-corrected chi connectivity index (χ0v) is 23.1. The molecule has 4 rings (SSSR count). The van der Waals surface area contributed by atoms with Crippen molar-refractivity contribution in [2.45, 2.75) is 76.2 Å². The number of anilines is 2. The van der Waals surface area contributed by atoms with Gasteiger partial charge in [-0.05, 0) is 89.2 Å². The minimum Gasteiger partial charge on any atom is -0.365 e. The van der Waals surface area contributed by atoms with E-state index in [0.717, 1.165) is 51.1 Å². The van der Waals surface area contributed by atoms with Crippen LogP contribution in [0.3, 0.4) is 0 Å². The molecule has 0 spiro atoms. The first kappa shape index (κ1) is 27.6. The van der Waals surface area contributed by atoms with Crippen molar-refractivity contribution < 1.29 is 0 Å². The highest BCUT2D eigenvalue weighted by atomic mass is 35.5. The van der Waals surface area contributed by atoms with Crippen LogP contribution in [0.25, 0.3) is 12.2 Å². The van der Waals surface area contributed by atoms with Crippen LogP contribution in [0.5, 0.6) is 0 Å². The van der Waals surface area contributed by atoms with Crippen LogP contribution < -0.4 is 25.9 Å². The van der Waals surface area contributed by atoms with Gasteiger partial charge in [-0.3, -0.25) is 4.72 Å². The Bertz CT molecular complexity index is 1090. The molecule has 1 aromatic carbocycles. The maximum Gasteiger partial charge on any atom is 0.225 e. The first-order chi connectivity index (χ1) is 16.8. The van der Waals surface area contributed by atoms with E-state index in [1.165, 1.54) is 38.5 Å². The minimum absolute atomic E-state index is 0.0372. The molecular formula is C28H40ClN5S. The fourth-order valence-electron chi connectivity index (χ4n) is 4.21. The number of hydrogen-bond donors (Lipinski definition) is 3. The summed E-state index contributed by atoms with van der Waals surface area (Å²) in [4.78, 5) is 10.7. The minimum atomic E-state index is -0.0372. The molecule has 1 aromatic heterocycles. The van der Waals surface area contributed by atoms with Crippen molar-refractivity contribution >= 4 is 47.5 Å². The summed E-state index contributed by atoms with van der Waals surface area (Å²) in [5.41, 5.74) is -0.0372. The van der Waals surface area contributed by atoms with Gasteiger partial charge >= 0.3 is 0 Å². The normalized spacial score (nSPS) is 15.9. The van der Waals surface area contributed by atoms with Crippen molar-refractivity contribution in [1.29, 1.82) is 0 Å². The molecule has 2 aromatic rings. The second kappa shape index (κ2) is 13.9. The van der Waals surface area contributed by atoms with E-state index in [-0.39, 0.29) is 5.54 Å². The second-order valence-corrected chi connectivity index (χ2v) is 11.6. The van der Waals surface area contributed by atoms with E-state index >= 15 is 0 Å². The quantitative estimate of drug-likeness (QED) is 0.318. The van der Waals surface area contributed by atoms with Crippen LogP contribution in [0.2, 0.25) is 5.02 Å². The summed E-state index contributed by atoms with van der Waals surface area (Å²) in [5, 5.41) is 9.96. The van der Waals surface area contributed by atoms with Gasteiger partial charge in [0.25, 0.3) is 0 Å². The van der Waals surface area contributed by atoms with Crippen LogP contribution in [0, 0.1) is 5.92 Å². The van der Waals surface area contributed by atoms with Gasteiger partial charge in [0, 0.05) is 27.2 Å². The van der Waals surface area contributed by atoms with Gasteiger partial charge in [-0.2, -0.15) is 4.98 Å². The van der Waals surface area contributed by atoms with Crippen molar-refractivity contribution in [3.05, 3.63) is 52.0 Å². The molecule has 0 atom stereocenters. The van der Waals surface area contributed by atoms with Gasteiger partial charge in [0.15, 0.2) is 0 Å². The lowest BCUT2D eigenvalue weighted by Gasteiger charge is -2.22. The van der Waals surface area contributed by atoms with E-state index in [4.69, 9.17) is 21.6 Å². The van der Waals surface area contributed by atoms with Crippen LogP contribution in [0.1, 0.15) is 65.7 Å². The average molecular weight is 514 g/mol. The summed E-state index contributed by atoms with van der Waals surface area (Å²) in [6, 6.07) is 7.72. The van der Waals surface area contributed by atoms with E-state index in [9.17, 15) is 0 Å². The molecule has 3 N–H and O–H groups in total. The Morgan fingerprint density at radius 3 is 2.54 bits per heavy atom. The van der Waals surface area contributed by atoms with E-state index in [2.05, 4.69) is 60.4 Å². The van der Waals surface area contributed by atoms with Gasteiger partial charge in [-0.25, -0.2) is 4.98 Å². The summed E-state index contributed by atoms with van der Waals surface area (Å²) in [7, 11) is 1.88. The Labute approximate surface area is 220 Å². The molecular weight excluding hydrogens is 474 g/mol. The third-order valence-electron chi connectivity index (χ3n) is 5.85. The zero-order chi connectivity index (χ0) is 25.1. The van der Waals surface area contributed by atoms with Gasteiger partial charge < -0.3 is 10.6 Å². The Kier molecular flexibility index (Phi) is 11.0. The van der Waals surface area contributed by atoms with Crippen molar-refractivity contribution in [1.82, 2.24) is 14.7 Å². The SMILES string of the molecule is CC(C)(C)Nc1nc(NCC2CCCCCC2)nc2c1=CC=CCC=2.CNSc1cccc(Cl)c1. The molecule has 190 valence electrons. The standard InChI is InChI=1S/C21H32N4.C7H8ClNS/c1-21(2,3)25-19-17-13-9-6-10-14-18(17)23-20(24-19)22-15-16-11-7-4-5-8-12-16;1-9-10-7-4-2-3-6(8)5-7/h6,9,13-14,16H,4-5,7-8,10-12,15H2,1-3H3,(H2,22,23,24,25);2-5,9H,1H3. The van der Waals surface area contributed by atoms with Crippen molar-refractivity contribution in [3.63, 3.8) is 0 Å². The summed E-state index contributed by atoms with van der Waals surface area (Å²) in [5.74, 6) is 2.42. The van der Waals surface area contributed by atoms with Crippen molar-refractivity contribution in [3.8, 4) is 0 Å². The number of rotatable bonds is 6. The van der Waals surface area contributed by atoms with Crippen LogP contribution in [-0.4, -0.2) is 29.1 Å². The molecule has 7 heteroatoms. The van der Waals surface area contributed by atoms with E-state index in [1.54, 1.807) is 11.9 Å². The predicted molar refractivity (Wildman–Crippen MR) is 153 cm³/mol. The lowest BCUT2D eigenvalue weighted by Crippen LogP contribution is -2.38. The number of nitrogens with one attached hydrogen (secondary N) is 3. The topological polar surface area (TPSA) is 61.9 Å². The highest BCUT2D eigenvalue weighted by molar-refractivity contribution is 7.97. The molecule has 35 heavy (non-hydrogen) atoms. The lowest BCUT2D eigenvalue weighted by molar-refractivity contribution is 0.482. The molecule has 0 bridgehead atoms. The number of aromatic nitrogens is 2. The molecule has 0 aliphatic heterocycles. The van der Waals surface area contributed by atoms with E-state index in [1.807, 2.05) is 31.3 Å². The Morgan fingerprint density at radius 2 is 1.86 bits per heavy atom. The highest BCUT2D eigenvalue weighted by Crippen LogP contribution is 2.23. The van der Waals surface area contributed by atoms with Gasteiger partial charge in [-0.15, -0.1) is 0 Å². The number of allylic oxidation sites excluding steroid dienone is 2. The smallest absolute Gasteiger partial charge is 0.225 e. The molecule has 5 nitrogen and oxygen atoms in total. The third kappa shape index (κ3) is 9.86. The van der Waals surface area contributed by atoms with Gasteiger partial charge in [0.1, 0.15) is 5.82 Å². The van der Waals surface area contributed by atoms with Gasteiger partial charge in [-0.1, -0.05) is 61.6 Å². The fraction of sp³-hybridized carbons (Fsp3) is 0.500.